The number of amides is 3. The molecule has 0 atom stereocenters. The molecule has 1 aliphatic heterocycles. The molecule has 0 aliphatic carbocycles. The van der Waals surface area contributed by atoms with Crippen LogP contribution in [0.5, 0.6) is 0 Å². The maximum absolute atomic E-state index is 12.2. The van der Waals surface area contributed by atoms with Crippen LogP contribution in [0.2, 0.25) is 0 Å². The largest absolute Gasteiger partial charge is 0.377 e. The van der Waals surface area contributed by atoms with Gasteiger partial charge in [0.15, 0.2) is 0 Å². The summed E-state index contributed by atoms with van der Waals surface area (Å²) in [4.78, 5) is 37.6. The number of nitrogens with zero attached hydrogens (tertiary/aromatic N) is 3. The fourth-order valence-corrected chi connectivity index (χ4v) is 3.24. The fourth-order valence-electron chi connectivity index (χ4n) is 2.51. The molecule has 2 heterocycles. The lowest BCUT2D eigenvalue weighted by Crippen LogP contribution is -2.31. The van der Waals surface area contributed by atoms with Crippen LogP contribution in [0, 0.1) is 0 Å². The molecule has 1 aromatic heterocycles. The van der Waals surface area contributed by atoms with Gasteiger partial charge < -0.3 is 10.1 Å². The van der Waals surface area contributed by atoms with E-state index in [1.807, 2.05) is 0 Å². The van der Waals surface area contributed by atoms with Gasteiger partial charge in [0.2, 0.25) is 11.0 Å². The topological polar surface area (TPSA) is 101 Å². The monoisotopic (exact) mass is 360 g/mol. The fraction of sp³-hybridized carbons (Fsp3) is 0.312. The number of anilines is 1. The number of carbonyl (C=O) groups excluding carboxylic acids is 3. The minimum atomic E-state index is -0.311. The molecule has 1 aromatic carbocycles. The molecular formula is C16H16N4O4S. The number of fused-ring (bicyclic) bond motifs is 1. The van der Waals surface area contributed by atoms with Gasteiger partial charge in [-0.25, -0.2) is 0 Å². The Morgan fingerprint density at radius 3 is 2.52 bits per heavy atom. The third-order valence-electron chi connectivity index (χ3n) is 3.64. The van der Waals surface area contributed by atoms with Crippen molar-refractivity contribution in [1.29, 1.82) is 0 Å². The van der Waals surface area contributed by atoms with Crippen molar-refractivity contribution in [3.63, 3.8) is 0 Å². The average Bonchev–Trinajstić information content (AvgIpc) is 3.13. The van der Waals surface area contributed by atoms with Crippen molar-refractivity contribution >= 4 is 34.2 Å². The Balaban J connectivity index is 1.49. The summed E-state index contributed by atoms with van der Waals surface area (Å²) in [5.41, 5.74) is 0.827. The molecule has 0 unspecified atom stereocenters. The molecule has 130 valence electrons. The molecule has 1 N–H and O–H groups in total. The Morgan fingerprint density at radius 2 is 1.88 bits per heavy atom. The number of benzene rings is 1. The van der Waals surface area contributed by atoms with Crippen LogP contribution in [0.25, 0.3) is 0 Å². The highest BCUT2D eigenvalue weighted by molar-refractivity contribution is 7.15. The zero-order valence-electron chi connectivity index (χ0n) is 13.5. The number of hydrogen-bond donors (Lipinski definition) is 1. The van der Waals surface area contributed by atoms with Crippen LogP contribution in [0.15, 0.2) is 24.3 Å². The second kappa shape index (κ2) is 7.49. The van der Waals surface area contributed by atoms with Crippen LogP contribution in [0.4, 0.5) is 5.13 Å². The van der Waals surface area contributed by atoms with Crippen molar-refractivity contribution in [1.82, 2.24) is 15.1 Å². The van der Waals surface area contributed by atoms with E-state index in [1.54, 1.807) is 31.4 Å². The van der Waals surface area contributed by atoms with Gasteiger partial charge >= 0.3 is 0 Å². The summed E-state index contributed by atoms with van der Waals surface area (Å²) in [5.74, 6) is -0.861. The van der Waals surface area contributed by atoms with Crippen molar-refractivity contribution in [2.45, 2.75) is 19.4 Å². The number of imide groups is 1. The van der Waals surface area contributed by atoms with E-state index in [1.165, 1.54) is 16.2 Å². The van der Waals surface area contributed by atoms with Crippen LogP contribution < -0.4 is 5.32 Å². The van der Waals surface area contributed by atoms with Gasteiger partial charge in [0, 0.05) is 20.1 Å². The quantitative estimate of drug-likeness (QED) is 0.754. The number of hydrogen-bond acceptors (Lipinski definition) is 7. The van der Waals surface area contributed by atoms with E-state index in [0.29, 0.717) is 34.3 Å². The lowest BCUT2D eigenvalue weighted by Gasteiger charge is -2.13. The molecule has 25 heavy (non-hydrogen) atoms. The van der Waals surface area contributed by atoms with Gasteiger partial charge in [-0.2, -0.15) is 0 Å². The summed E-state index contributed by atoms with van der Waals surface area (Å²) in [5, 5.41) is 11.4. The smallest absolute Gasteiger partial charge is 0.261 e. The molecule has 0 spiro atoms. The summed E-state index contributed by atoms with van der Waals surface area (Å²) in [6.45, 7) is 0.540. The Labute approximate surface area is 147 Å². The molecule has 9 heteroatoms. The van der Waals surface area contributed by atoms with Crippen molar-refractivity contribution in [3.8, 4) is 0 Å². The number of carbonyl (C=O) groups is 3. The average molecular weight is 360 g/mol. The lowest BCUT2D eigenvalue weighted by molar-refractivity contribution is -0.116. The minimum Gasteiger partial charge on any atom is -0.377 e. The maximum atomic E-state index is 12.2. The highest BCUT2D eigenvalue weighted by Gasteiger charge is 2.34. The number of rotatable bonds is 7. The first-order valence-electron chi connectivity index (χ1n) is 7.66. The van der Waals surface area contributed by atoms with E-state index >= 15 is 0 Å². The summed E-state index contributed by atoms with van der Waals surface area (Å²) in [6.07, 6.45) is 0.549. The highest BCUT2D eigenvalue weighted by Crippen LogP contribution is 2.22. The molecule has 3 rings (SSSR count). The molecule has 0 radical (unpaired) electrons. The van der Waals surface area contributed by atoms with Gasteiger partial charge in [0.05, 0.1) is 11.1 Å². The maximum Gasteiger partial charge on any atom is 0.261 e. The van der Waals surface area contributed by atoms with Gasteiger partial charge in [-0.3, -0.25) is 19.3 Å². The third-order valence-corrected chi connectivity index (χ3v) is 4.46. The zero-order chi connectivity index (χ0) is 17.8. The molecule has 8 nitrogen and oxygen atoms in total. The number of ether oxygens (including phenoxy) is 1. The van der Waals surface area contributed by atoms with E-state index in [4.69, 9.17) is 4.74 Å². The van der Waals surface area contributed by atoms with Crippen molar-refractivity contribution < 1.29 is 19.1 Å². The van der Waals surface area contributed by atoms with E-state index in [-0.39, 0.29) is 30.7 Å². The van der Waals surface area contributed by atoms with Crippen LogP contribution in [0.3, 0.4) is 0 Å². The standard InChI is InChI=1S/C16H16N4O4S/c1-24-9-13-18-19-16(25-13)17-12(21)7-4-8-20-14(22)10-5-2-3-6-11(10)15(20)23/h2-3,5-6H,4,7-9H2,1H3,(H,17,19,21). The number of methoxy groups -OCH3 is 1. The molecule has 0 bridgehead atoms. The van der Waals surface area contributed by atoms with Crippen molar-refractivity contribution in [2.24, 2.45) is 0 Å². The Bertz CT molecular complexity index is 785. The van der Waals surface area contributed by atoms with Gasteiger partial charge in [0.25, 0.3) is 11.8 Å². The molecule has 0 saturated carbocycles. The number of aromatic nitrogens is 2. The first-order chi connectivity index (χ1) is 12.1. The number of nitrogens with one attached hydrogen (secondary N) is 1. The van der Waals surface area contributed by atoms with Gasteiger partial charge in [0.1, 0.15) is 11.6 Å². The van der Waals surface area contributed by atoms with Crippen molar-refractivity contribution in [3.05, 3.63) is 40.4 Å². The lowest BCUT2D eigenvalue weighted by atomic mass is 10.1. The molecule has 3 amide bonds. The SMILES string of the molecule is COCc1nnc(NC(=O)CCCN2C(=O)c3ccccc3C2=O)s1. The minimum absolute atomic E-state index is 0.173. The summed E-state index contributed by atoms with van der Waals surface area (Å²) in [6, 6.07) is 6.71. The van der Waals surface area contributed by atoms with E-state index in [9.17, 15) is 14.4 Å². The van der Waals surface area contributed by atoms with Crippen LogP contribution in [-0.4, -0.2) is 46.5 Å². The van der Waals surface area contributed by atoms with Crippen molar-refractivity contribution in [2.75, 3.05) is 19.0 Å². The molecule has 2 aromatic rings. The van der Waals surface area contributed by atoms with Crippen LogP contribution >= 0.6 is 11.3 Å². The normalized spacial score (nSPS) is 13.2. The van der Waals surface area contributed by atoms with Gasteiger partial charge in [-0.05, 0) is 18.6 Å². The Kier molecular flexibility index (Phi) is 5.15. The molecule has 0 saturated heterocycles. The van der Waals surface area contributed by atoms with Crippen LogP contribution in [-0.2, 0) is 16.1 Å². The predicted octanol–water partition coefficient (Wildman–Crippen LogP) is 1.70. The Hall–Kier alpha value is -2.65. The highest BCUT2D eigenvalue weighted by atomic mass is 32.1. The second-order valence-corrected chi connectivity index (χ2v) is 6.46. The van der Waals surface area contributed by atoms with Gasteiger partial charge in [-0.15, -0.1) is 10.2 Å². The second-order valence-electron chi connectivity index (χ2n) is 5.39. The Morgan fingerprint density at radius 1 is 1.20 bits per heavy atom. The predicted molar refractivity (Wildman–Crippen MR) is 90.3 cm³/mol. The third kappa shape index (κ3) is 3.72. The summed E-state index contributed by atoms with van der Waals surface area (Å²) < 4.78 is 4.94. The first-order valence-corrected chi connectivity index (χ1v) is 8.48. The molecule has 0 fully saturated rings. The van der Waals surface area contributed by atoms with E-state index in [2.05, 4.69) is 15.5 Å². The summed E-state index contributed by atoms with van der Waals surface area (Å²) >= 11 is 1.24. The van der Waals surface area contributed by atoms with E-state index < -0.39 is 0 Å². The molecule has 1 aliphatic rings. The van der Waals surface area contributed by atoms with E-state index in [0.717, 1.165) is 0 Å². The zero-order valence-corrected chi connectivity index (χ0v) is 14.3. The first kappa shape index (κ1) is 17.2. The summed E-state index contributed by atoms with van der Waals surface area (Å²) in [7, 11) is 1.55. The van der Waals surface area contributed by atoms with Gasteiger partial charge in [-0.1, -0.05) is 23.5 Å². The molecular weight excluding hydrogens is 344 g/mol. The van der Waals surface area contributed by atoms with Crippen LogP contribution in [0.1, 0.15) is 38.6 Å².